The largest absolute Gasteiger partial charge is 0.368 e. The number of allylic oxidation sites excluding steroid dienone is 1. The quantitative estimate of drug-likeness (QED) is 0.685. The van der Waals surface area contributed by atoms with E-state index in [1.165, 1.54) is 11.0 Å². The molecule has 2 heterocycles. The highest BCUT2D eigenvalue weighted by atomic mass is 16.2. The summed E-state index contributed by atoms with van der Waals surface area (Å²) in [4.78, 5) is 37.0. The average Bonchev–Trinajstić information content (AvgIpc) is 2.95. The van der Waals surface area contributed by atoms with Crippen LogP contribution in [0.4, 0.5) is 0 Å². The van der Waals surface area contributed by atoms with E-state index in [0.717, 1.165) is 0 Å². The van der Waals surface area contributed by atoms with Crippen LogP contribution in [0.2, 0.25) is 0 Å². The smallest absolute Gasteiger partial charge is 0.261 e. The predicted octanol–water partition coefficient (Wildman–Crippen LogP) is -0.370. The van der Waals surface area contributed by atoms with Crippen LogP contribution in [0.3, 0.4) is 0 Å². The van der Waals surface area contributed by atoms with Gasteiger partial charge in [-0.25, -0.2) is 0 Å². The first kappa shape index (κ1) is 14.2. The molecule has 3 amide bonds. The second-order valence-electron chi connectivity index (χ2n) is 4.76. The van der Waals surface area contributed by atoms with Crippen LogP contribution in [0.15, 0.2) is 36.0 Å². The van der Waals surface area contributed by atoms with Crippen LogP contribution in [0, 0.1) is 0 Å². The summed E-state index contributed by atoms with van der Waals surface area (Å²) in [5, 5.41) is 2.92. The molecular weight excluding hydrogens is 258 g/mol. The van der Waals surface area contributed by atoms with Crippen LogP contribution in [-0.2, 0) is 14.4 Å². The second-order valence-corrected chi connectivity index (χ2v) is 4.76. The first-order valence-electron chi connectivity index (χ1n) is 6.41. The van der Waals surface area contributed by atoms with Gasteiger partial charge in [-0.1, -0.05) is 24.8 Å². The van der Waals surface area contributed by atoms with Crippen molar-refractivity contribution in [1.29, 1.82) is 0 Å². The van der Waals surface area contributed by atoms with Gasteiger partial charge in [0, 0.05) is 6.54 Å². The maximum Gasteiger partial charge on any atom is 0.261 e. The number of carbonyl (C=O) groups excluding carboxylic acids is 3. The van der Waals surface area contributed by atoms with Crippen LogP contribution in [-0.4, -0.2) is 41.2 Å². The molecule has 1 fully saturated rings. The van der Waals surface area contributed by atoms with Crippen molar-refractivity contribution in [1.82, 2.24) is 10.2 Å². The van der Waals surface area contributed by atoms with Crippen molar-refractivity contribution in [2.45, 2.75) is 25.4 Å². The zero-order chi connectivity index (χ0) is 14.9. The fourth-order valence-electron chi connectivity index (χ4n) is 2.57. The van der Waals surface area contributed by atoms with Crippen molar-refractivity contribution in [2.75, 3.05) is 6.54 Å². The third-order valence-corrected chi connectivity index (χ3v) is 3.54. The minimum Gasteiger partial charge on any atom is -0.368 e. The molecule has 2 unspecified atom stereocenters. The standard InChI is InChI=1S/C14H17N3O3/c1-3-5-10-9(4-2)13(19)17(14(10)20)8-6-11(12(15)18)16-7-8/h3-5,8,11,16H,2,6-7H2,1H3,(H2,15,18)/b5-3-. The van der Waals surface area contributed by atoms with E-state index in [2.05, 4.69) is 11.9 Å². The summed E-state index contributed by atoms with van der Waals surface area (Å²) in [5.41, 5.74) is 5.87. The van der Waals surface area contributed by atoms with E-state index in [-0.39, 0.29) is 17.9 Å². The monoisotopic (exact) mass is 275 g/mol. The van der Waals surface area contributed by atoms with Gasteiger partial charge in [0.25, 0.3) is 11.8 Å². The highest BCUT2D eigenvalue weighted by Crippen LogP contribution is 2.27. The third kappa shape index (κ3) is 2.18. The number of hydrogen-bond donors (Lipinski definition) is 2. The van der Waals surface area contributed by atoms with Gasteiger partial charge in [-0.15, -0.1) is 0 Å². The fraction of sp³-hybridized carbons (Fsp3) is 0.357. The Morgan fingerprint density at radius 1 is 1.40 bits per heavy atom. The summed E-state index contributed by atoms with van der Waals surface area (Å²) in [7, 11) is 0. The zero-order valence-electron chi connectivity index (χ0n) is 11.3. The number of nitrogens with zero attached hydrogens (tertiary/aromatic N) is 1. The molecule has 106 valence electrons. The lowest BCUT2D eigenvalue weighted by Gasteiger charge is -2.21. The number of hydrogen-bond acceptors (Lipinski definition) is 4. The number of primary amides is 1. The molecule has 2 atom stereocenters. The number of imide groups is 1. The SMILES string of the molecule is C=CC1=C(/C=C\C)C(=O)N(C2CNC(C(N)=O)C2)C1=O. The van der Waals surface area contributed by atoms with Crippen molar-refractivity contribution in [3.8, 4) is 0 Å². The van der Waals surface area contributed by atoms with Gasteiger partial charge in [0.15, 0.2) is 0 Å². The first-order valence-corrected chi connectivity index (χ1v) is 6.41. The molecule has 2 aliphatic rings. The van der Waals surface area contributed by atoms with E-state index in [4.69, 9.17) is 5.73 Å². The van der Waals surface area contributed by atoms with Crippen molar-refractivity contribution in [2.24, 2.45) is 5.73 Å². The van der Waals surface area contributed by atoms with Gasteiger partial charge < -0.3 is 11.1 Å². The fourth-order valence-corrected chi connectivity index (χ4v) is 2.57. The zero-order valence-corrected chi connectivity index (χ0v) is 11.3. The molecule has 0 aromatic rings. The Kier molecular flexibility index (Phi) is 3.85. The van der Waals surface area contributed by atoms with Crippen molar-refractivity contribution < 1.29 is 14.4 Å². The molecule has 0 aromatic carbocycles. The van der Waals surface area contributed by atoms with Gasteiger partial charge in [0.1, 0.15) is 0 Å². The van der Waals surface area contributed by atoms with E-state index in [1.54, 1.807) is 19.1 Å². The van der Waals surface area contributed by atoms with E-state index >= 15 is 0 Å². The van der Waals surface area contributed by atoms with E-state index in [1.807, 2.05) is 0 Å². The summed E-state index contributed by atoms with van der Waals surface area (Å²) >= 11 is 0. The lowest BCUT2D eigenvalue weighted by atomic mass is 10.1. The first-order chi connectivity index (χ1) is 9.51. The maximum absolute atomic E-state index is 12.3. The van der Waals surface area contributed by atoms with Crippen molar-refractivity contribution in [3.63, 3.8) is 0 Å². The molecule has 6 nitrogen and oxygen atoms in total. The predicted molar refractivity (Wildman–Crippen MR) is 73.3 cm³/mol. The number of rotatable bonds is 4. The van der Waals surface area contributed by atoms with Crippen LogP contribution < -0.4 is 11.1 Å². The molecule has 0 saturated carbocycles. The molecular formula is C14H17N3O3. The van der Waals surface area contributed by atoms with Crippen molar-refractivity contribution in [3.05, 3.63) is 36.0 Å². The number of nitrogens with one attached hydrogen (secondary N) is 1. The molecule has 0 radical (unpaired) electrons. The molecule has 0 aliphatic carbocycles. The Morgan fingerprint density at radius 2 is 2.05 bits per heavy atom. The Hall–Kier alpha value is -2.21. The maximum atomic E-state index is 12.3. The molecule has 0 spiro atoms. The van der Waals surface area contributed by atoms with Gasteiger partial charge in [-0.05, 0) is 13.3 Å². The number of nitrogens with two attached hydrogens (primary N) is 1. The van der Waals surface area contributed by atoms with Crippen LogP contribution in [0.1, 0.15) is 13.3 Å². The molecule has 2 rings (SSSR count). The second kappa shape index (κ2) is 5.42. The molecule has 20 heavy (non-hydrogen) atoms. The summed E-state index contributed by atoms with van der Waals surface area (Å²) in [6, 6.07) is -0.858. The normalized spacial score (nSPS) is 26.9. The van der Waals surface area contributed by atoms with E-state index in [0.29, 0.717) is 24.1 Å². The summed E-state index contributed by atoms with van der Waals surface area (Å²) in [6.07, 6.45) is 5.04. The Morgan fingerprint density at radius 3 is 2.55 bits per heavy atom. The summed E-state index contributed by atoms with van der Waals surface area (Å²) < 4.78 is 0. The minimum absolute atomic E-state index is 0.302. The molecule has 0 bridgehead atoms. The lowest BCUT2D eigenvalue weighted by Crippen LogP contribution is -2.42. The van der Waals surface area contributed by atoms with Gasteiger partial charge >= 0.3 is 0 Å². The van der Waals surface area contributed by atoms with Gasteiger partial charge in [0.2, 0.25) is 5.91 Å². The molecule has 2 aliphatic heterocycles. The average molecular weight is 275 g/mol. The van der Waals surface area contributed by atoms with Gasteiger partial charge in [0.05, 0.1) is 23.2 Å². The lowest BCUT2D eigenvalue weighted by molar-refractivity contribution is -0.139. The van der Waals surface area contributed by atoms with E-state index < -0.39 is 11.9 Å². The Bertz CT molecular complexity index is 548. The molecule has 0 aromatic heterocycles. The van der Waals surface area contributed by atoms with Crippen LogP contribution in [0.25, 0.3) is 0 Å². The molecule has 3 N–H and O–H groups in total. The Labute approximate surface area is 117 Å². The molecule has 1 saturated heterocycles. The van der Waals surface area contributed by atoms with Crippen LogP contribution >= 0.6 is 0 Å². The number of amides is 3. The third-order valence-electron chi connectivity index (χ3n) is 3.54. The Balaban J connectivity index is 2.25. The summed E-state index contributed by atoms with van der Waals surface area (Å²) in [6.45, 7) is 5.73. The summed E-state index contributed by atoms with van der Waals surface area (Å²) in [5.74, 6) is -1.19. The minimum atomic E-state index is -0.501. The molecule has 6 heteroatoms. The van der Waals surface area contributed by atoms with Crippen molar-refractivity contribution >= 4 is 17.7 Å². The van der Waals surface area contributed by atoms with Crippen LogP contribution in [0.5, 0.6) is 0 Å². The van der Waals surface area contributed by atoms with Gasteiger partial charge in [-0.2, -0.15) is 0 Å². The number of carbonyl (C=O) groups is 3. The van der Waals surface area contributed by atoms with E-state index in [9.17, 15) is 14.4 Å². The van der Waals surface area contributed by atoms with Gasteiger partial charge in [-0.3, -0.25) is 19.3 Å². The highest BCUT2D eigenvalue weighted by Gasteiger charge is 2.43. The highest BCUT2D eigenvalue weighted by molar-refractivity contribution is 6.22. The topological polar surface area (TPSA) is 92.5 Å².